The summed E-state index contributed by atoms with van der Waals surface area (Å²) in [4.78, 5) is 21.9. The van der Waals surface area contributed by atoms with E-state index in [1.807, 2.05) is 0 Å². The van der Waals surface area contributed by atoms with Crippen molar-refractivity contribution in [2.75, 3.05) is 0 Å². The number of halogens is 1. The Balaban J connectivity index is 2.11. The number of rotatable bonds is 4. The molecule has 22 heavy (non-hydrogen) atoms. The number of aromatic hydroxyl groups is 1. The molecule has 0 atom stereocenters. The first kappa shape index (κ1) is 15.6. The highest BCUT2D eigenvalue weighted by Crippen LogP contribution is 2.21. The lowest BCUT2D eigenvalue weighted by molar-refractivity contribution is -0.384. The Morgan fingerprint density at radius 3 is 2.77 bits per heavy atom. The van der Waals surface area contributed by atoms with Gasteiger partial charge in [-0.05, 0) is 24.3 Å². The summed E-state index contributed by atoms with van der Waals surface area (Å²) in [6.45, 7) is 0. The molecule has 112 valence electrons. The van der Waals surface area contributed by atoms with Crippen molar-refractivity contribution in [1.29, 1.82) is 0 Å². The van der Waals surface area contributed by atoms with Gasteiger partial charge < -0.3 is 5.11 Å². The van der Waals surface area contributed by atoms with E-state index in [4.69, 9.17) is 0 Å². The van der Waals surface area contributed by atoms with Crippen molar-refractivity contribution in [3.63, 3.8) is 0 Å². The van der Waals surface area contributed by atoms with Gasteiger partial charge in [0.15, 0.2) is 0 Å². The second-order valence-corrected chi connectivity index (χ2v) is 5.13. The van der Waals surface area contributed by atoms with Crippen LogP contribution in [0.4, 0.5) is 5.69 Å². The van der Waals surface area contributed by atoms with Crippen molar-refractivity contribution in [3.8, 4) is 5.75 Å². The Morgan fingerprint density at radius 1 is 1.32 bits per heavy atom. The summed E-state index contributed by atoms with van der Waals surface area (Å²) in [5, 5.41) is 24.0. The smallest absolute Gasteiger partial charge is 0.271 e. The largest absolute Gasteiger partial charge is 0.507 e. The minimum Gasteiger partial charge on any atom is -0.507 e. The van der Waals surface area contributed by atoms with E-state index in [1.165, 1.54) is 12.1 Å². The number of hydrogen-bond acceptors (Lipinski definition) is 5. The fraction of sp³-hybridized carbons (Fsp3) is 0. The van der Waals surface area contributed by atoms with E-state index in [9.17, 15) is 20.0 Å². The Hall–Kier alpha value is -2.74. The molecule has 0 bridgehead atoms. The lowest BCUT2D eigenvalue weighted by Crippen LogP contribution is -2.17. The summed E-state index contributed by atoms with van der Waals surface area (Å²) in [5.74, 6) is -0.617. The molecule has 0 aliphatic carbocycles. The number of non-ortho nitro benzene ring substituents is 1. The first-order chi connectivity index (χ1) is 10.5. The predicted molar refractivity (Wildman–Crippen MR) is 84.0 cm³/mol. The monoisotopic (exact) mass is 363 g/mol. The standard InChI is InChI=1S/C14H10BrN3O4/c15-11-3-1-2-9(6-11)14(20)17-16-8-10-7-12(18(21)22)4-5-13(10)19/h1-8,19H,(H,17,20)/b16-8+. The molecule has 0 saturated carbocycles. The van der Waals surface area contributed by atoms with Crippen molar-refractivity contribution in [1.82, 2.24) is 5.43 Å². The molecule has 0 radical (unpaired) electrons. The number of carbonyl (C=O) groups excluding carboxylic acids is 1. The van der Waals surface area contributed by atoms with Crippen molar-refractivity contribution in [2.24, 2.45) is 5.10 Å². The molecule has 2 aromatic carbocycles. The summed E-state index contributed by atoms with van der Waals surface area (Å²) in [5.41, 5.74) is 2.62. The minimum absolute atomic E-state index is 0.128. The van der Waals surface area contributed by atoms with Crippen LogP contribution in [0, 0.1) is 10.1 Å². The van der Waals surface area contributed by atoms with E-state index in [-0.39, 0.29) is 17.0 Å². The molecule has 0 aliphatic heterocycles. The Bertz CT molecular complexity index is 762. The van der Waals surface area contributed by atoms with E-state index in [1.54, 1.807) is 24.3 Å². The number of carbonyl (C=O) groups is 1. The summed E-state index contributed by atoms with van der Waals surface area (Å²) >= 11 is 3.25. The lowest BCUT2D eigenvalue weighted by atomic mass is 10.2. The second kappa shape index (κ2) is 6.81. The van der Waals surface area contributed by atoms with Gasteiger partial charge in [-0.3, -0.25) is 14.9 Å². The van der Waals surface area contributed by atoms with E-state index < -0.39 is 10.8 Å². The van der Waals surface area contributed by atoms with Gasteiger partial charge in [0.05, 0.1) is 11.1 Å². The number of nitro groups is 1. The zero-order valence-corrected chi connectivity index (χ0v) is 12.6. The highest BCUT2D eigenvalue weighted by Gasteiger charge is 2.09. The van der Waals surface area contributed by atoms with Gasteiger partial charge in [0, 0.05) is 27.7 Å². The fourth-order valence-corrected chi connectivity index (χ4v) is 2.01. The summed E-state index contributed by atoms with van der Waals surface area (Å²) < 4.78 is 0.750. The molecule has 2 rings (SSSR count). The van der Waals surface area contributed by atoms with Crippen LogP contribution in [-0.2, 0) is 0 Å². The van der Waals surface area contributed by atoms with Crippen LogP contribution in [0.25, 0.3) is 0 Å². The topological polar surface area (TPSA) is 105 Å². The number of benzene rings is 2. The first-order valence-electron chi connectivity index (χ1n) is 6.04. The van der Waals surface area contributed by atoms with Crippen LogP contribution in [0.5, 0.6) is 5.75 Å². The molecule has 7 nitrogen and oxygen atoms in total. The molecule has 0 saturated heterocycles. The van der Waals surface area contributed by atoms with Crippen LogP contribution >= 0.6 is 15.9 Å². The molecule has 1 amide bonds. The number of hydrazone groups is 1. The van der Waals surface area contributed by atoms with Crippen LogP contribution < -0.4 is 5.43 Å². The zero-order valence-electron chi connectivity index (χ0n) is 11.1. The number of phenols is 1. The lowest BCUT2D eigenvalue weighted by Gasteiger charge is -2.01. The van der Waals surface area contributed by atoms with Crippen LogP contribution in [0.15, 0.2) is 52.0 Å². The van der Waals surface area contributed by atoms with Crippen molar-refractivity contribution >= 4 is 33.7 Å². The highest BCUT2D eigenvalue weighted by atomic mass is 79.9. The van der Waals surface area contributed by atoms with Crippen LogP contribution in [0.2, 0.25) is 0 Å². The van der Waals surface area contributed by atoms with Crippen LogP contribution in [0.1, 0.15) is 15.9 Å². The number of nitro benzene ring substituents is 1. The zero-order chi connectivity index (χ0) is 16.1. The second-order valence-electron chi connectivity index (χ2n) is 4.21. The third kappa shape index (κ3) is 3.89. The van der Waals surface area contributed by atoms with E-state index >= 15 is 0 Å². The van der Waals surface area contributed by atoms with Gasteiger partial charge in [0.1, 0.15) is 5.75 Å². The number of amides is 1. The van der Waals surface area contributed by atoms with Gasteiger partial charge in [-0.2, -0.15) is 5.10 Å². The Morgan fingerprint density at radius 2 is 2.09 bits per heavy atom. The van der Waals surface area contributed by atoms with Gasteiger partial charge in [0.2, 0.25) is 0 Å². The van der Waals surface area contributed by atoms with Gasteiger partial charge in [0.25, 0.3) is 11.6 Å². The maximum absolute atomic E-state index is 11.8. The highest BCUT2D eigenvalue weighted by molar-refractivity contribution is 9.10. The average Bonchev–Trinajstić information content (AvgIpc) is 2.48. The molecule has 0 spiro atoms. The molecular weight excluding hydrogens is 354 g/mol. The van der Waals surface area contributed by atoms with Gasteiger partial charge >= 0.3 is 0 Å². The van der Waals surface area contributed by atoms with Crippen molar-refractivity contribution in [2.45, 2.75) is 0 Å². The summed E-state index contributed by atoms with van der Waals surface area (Å²) in [7, 11) is 0. The van der Waals surface area contributed by atoms with E-state index in [0.717, 1.165) is 16.8 Å². The normalized spacial score (nSPS) is 10.6. The first-order valence-corrected chi connectivity index (χ1v) is 6.83. The van der Waals surface area contributed by atoms with E-state index in [0.29, 0.717) is 5.56 Å². The molecule has 0 unspecified atom stereocenters. The molecule has 0 aliphatic rings. The SMILES string of the molecule is O=C(N/N=C/c1cc([N+](=O)[O-])ccc1O)c1cccc(Br)c1. The summed E-state index contributed by atoms with van der Waals surface area (Å²) in [6.07, 6.45) is 1.14. The number of hydrogen-bond donors (Lipinski definition) is 2. The quantitative estimate of drug-likeness (QED) is 0.494. The maximum atomic E-state index is 11.8. The molecule has 0 aromatic heterocycles. The predicted octanol–water partition coefficient (Wildman–Crippen LogP) is 2.83. The number of phenolic OH excluding ortho intramolecular Hbond substituents is 1. The molecule has 8 heteroatoms. The van der Waals surface area contributed by atoms with E-state index in [2.05, 4.69) is 26.5 Å². The fourth-order valence-electron chi connectivity index (χ4n) is 1.61. The van der Waals surface area contributed by atoms with Gasteiger partial charge in [-0.15, -0.1) is 0 Å². The van der Waals surface area contributed by atoms with Gasteiger partial charge in [-0.1, -0.05) is 22.0 Å². The third-order valence-electron chi connectivity index (χ3n) is 2.68. The van der Waals surface area contributed by atoms with Gasteiger partial charge in [-0.25, -0.2) is 5.43 Å². The summed E-state index contributed by atoms with van der Waals surface area (Å²) in [6, 6.07) is 10.2. The molecule has 2 N–H and O–H groups in total. The number of nitrogens with one attached hydrogen (secondary N) is 1. The molecule has 0 heterocycles. The van der Waals surface area contributed by atoms with Crippen molar-refractivity contribution < 1.29 is 14.8 Å². The maximum Gasteiger partial charge on any atom is 0.271 e. The average molecular weight is 364 g/mol. The van der Waals surface area contributed by atoms with Crippen LogP contribution in [-0.4, -0.2) is 22.2 Å². The number of nitrogens with zero attached hydrogens (tertiary/aromatic N) is 2. The van der Waals surface area contributed by atoms with Crippen molar-refractivity contribution in [3.05, 3.63) is 68.2 Å². The minimum atomic E-state index is -0.586. The molecule has 0 fully saturated rings. The Labute approximate surface area is 133 Å². The Kier molecular flexibility index (Phi) is 4.84. The van der Waals surface area contributed by atoms with Crippen LogP contribution in [0.3, 0.4) is 0 Å². The third-order valence-corrected chi connectivity index (χ3v) is 3.17. The molecular formula is C14H10BrN3O4. The molecule has 2 aromatic rings.